The first-order valence-electron chi connectivity index (χ1n) is 11.6. The van der Waals surface area contributed by atoms with Gasteiger partial charge in [-0.3, -0.25) is 19.1 Å². The Kier molecular flexibility index (Phi) is 8.68. The average molecular weight is 575 g/mol. The molecule has 0 saturated carbocycles. The van der Waals surface area contributed by atoms with Crippen LogP contribution in [-0.2, 0) is 14.8 Å². The number of carbonyl (C=O) groups excluding carboxylic acids is 3. The van der Waals surface area contributed by atoms with Crippen molar-refractivity contribution in [3.05, 3.63) is 93.5 Å². The van der Waals surface area contributed by atoms with E-state index in [0.717, 1.165) is 0 Å². The number of amides is 2. The first-order valence-corrected chi connectivity index (χ1v) is 13.9. The third kappa shape index (κ3) is 6.51. The predicted octanol–water partition coefficient (Wildman–Crippen LogP) is 3.19. The van der Waals surface area contributed by atoms with E-state index in [0.29, 0.717) is 31.2 Å². The number of hydrogen-bond donors (Lipinski definition) is 3. The number of nitrogens with zero attached hydrogens (tertiary/aromatic N) is 1. The number of ketones is 1. The fourth-order valence-electron chi connectivity index (χ4n) is 3.86. The van der Waals surface area contributed by atoms with E-state index in [1.165, 1.54) is 54.6 Å². The van der Waals surface area contributed by atoms with Crippen molar-refractivity contribution in [2.24, 2.45) is 0 Å². The molecule has 0 atom stereocenters. The Hall–Kier alpha value is -3.44. The molecule has 1 aliphatic rings. The van der Waals surface area contributed by atoms with Crippen molar-refractivity contribution < 1.29 is 22.8 Å². The van der Waals surface area contributed by atoms with Crippen LogP contribution in [0.2, 0.25) is 10.0 Å². The van der Waals surface area contributed by atoms with Crippen molar-refractivity contribution in [3.8, 4) is 0 Å². The van der Waals surface area contributed by atoms with Crippen LogP contribution >= 0.6 is 23.2 Å². The van der Waals surface area contributed by atoms with Crippen LogP contribution in [0.15, 0.2) is 71.6 Å². The molecule has 9 nitrogen and oxygen atoms in total. The largest absolute Gasteiger partial charge is 0.343 e. The molecular formula is C26H24Cl2N4O5S. The number of sulfonamides is 1. The van der Waals surface area contributed by atoms with Crippen molar-refractivity contribution in [1.82, 2.24) is 15.5 Å². The van der Waals surface area contributed by atoms with Gasteiger partial charge in [0, 0.05) is 47.9 Å². The summed E-state index contributed by atoms with van der Waals surface area (Å²) in [4.78, 5) is 39.4. The molecule has 198 valence electrons. The predicted molar refractivity (Wildman–Crippen MR) is 145 cm³/mol. The molecule has 2 amide bonds. The number of halogens is 2. The summed E-state index contributed by atoms with van der Waals surface area (Å²) in [5.74, 6) is -1.16. The second kappa shape index (κ2) is 12.0. The highest BCUT2D eigenvalue weighted by Gasteiger charge is 2.22. The second-order valence-corrected chi connectivity index (χ2v) is 11.0. The van der Waals surface area contributed by atoms with Crippen LogP contribution in [0.1, 0.15) is 26.3 Å². The molecule has 0 bridgehead atoms. The summed E-state index contributed by atoms with van der Waals surface area (Å²) in [6.45, 7) is 2.42. The summed E-state index contributed by atoms with van der Waals surface area (Å²) in [5.41, 5.74) is 0.542. The van der Waals surface area contributed by atoms with Gasteiger partial charge < -0.3 is 15.5 Å². The van der Waals surface area contributed by atoms with Gasteiger partial charge in [-0.15, -0.1) is 0 Å². The fraction of sp³-hybridized carbons (Fsp3) is 0.192. The number of carbonyl (C=O) groups is 3. The topological polar surface area (TPSA) is 125 Å². The van der Waals surface area contributed by atoms with Crippen molar-refractivity contribution >= 4 is 56.5 Å². The summed E-state index contributed by atoms with van der Waals surface area (Å²) >= 11 is 12.1. The van der Waals surface area contributed by atoms with E-state index in [9.17, 15) is 22.8 Å². The Morgan fingerprint density at radius 2 is 1.58 bits per heavy atom. The molecule has 3 aromatic carbocycles. The SMILES string of the molecule is O=C(NCC(=O)N1CCNCC1)c1ccc(S(=O)(=O)Nc2ccccc2C(=O)c2ccc(Cl)cc2Cl)cc1. The molecule has 4 rings (SSSR count). The zero-order valence-electron chi connectivity index (χ0n) is 20.0. The Morgan fingerprint density at radius 3 is 2.26 bits per heavy atom. The Balaban J connectivity index is 1.45. The minimum absolute atomic E-state index is 0.0664. The van der Waals surface area contributed by atoms with Crippen LogP contribution in [0, 0.1) is 0 Å². The normalized spacial score (nSPS) is 13.6. The van der Waals surface area contributed by atoms with Crippen molar-refractivity contribution in [1.29, 1.82) is 0 Å². The number of hydrogen-bond acceptors (Lipinski definition) is 6. The molecule has 12 heteroatoms. The highest BCUT2D eigenvalue weighted by molar-refractivity contribution is 7.92. The van der Waals surface area contributed by atoms with Crippen LogP contribution in [0.25, 0.3) is 0 Å². The lowest BCUT2D eigenvalue weighted by Gasteiger charge is -2.27. The van der Waals surface area contributed by atoms with E-state index in [1.807, 2.05) is 0 Å². The fourth-order valence-corrected chi connectivity index (χ4v) is 5.44. The molecule has 1 fully saturated rings. The van der Waals surface area contributed by atoms with E-state index in [2.05, 4.69) is 15.4 Å². The number of rotatable bonds is 8. The summed E-state index contributed by atoms with van der Waals surface area (Å²) in [6.07, 6.45) is 0. The molecule has 1 saturated heterocycles. The molecule has 38 heavy (non-hydrogen) atoms. The lowest BCUT2D eigenvalue weighted by Crippen LogP contribution is -2.49. The highest BCUT2D eigenvalue weighted by atomic mass is 35.5. The molecule has 3 N–H and O–H groups in total. The number of nitrogens with one attached hydrogen (secondary N) is 3. The minimum Gasteiger partial charge on any atom is -0.343 e. The van der Waals surface area contributed by atoms with E-state index in [-0.39, 0.29) is 44.7 Å². The average Bonchev–Trinajstić information content (AvgIpc) is 2.92. The lowest BCUT2D eigenvalue weighted by molar-refractivity contribution is -0.130. The summed E-state index contributed by atoms with van der Waals surface area (Å²) in [5, 5.41) is 6.22. The first-order chi connectivity index (χ1) is 18.2. The van der Waals surface area contributed by atoms with Gasteiger partial charge in [0.05, 0.1) is 22.2 Å². The van der Waals surface area contributed by atoms with Crippen molar-refractivity contribution in [2.75, 3.05) is 37.4 Å². The summed E-state index contributed by atoms with van der Waals surface area (Å²) in [7, 11) is -4.11. The number of anilines is 1. The maximum absolute atomic E-state index is 13.1. The molecule has 0 spiro atoms. The summed E-state index contributed by atoms with van der Waals surface area (Å²) in [6, 6.07) is 15.8. The number of benzene rings is 3. The molecule has 1 heterocycles. The van der Waals surface area contributed by atoms with E-state index < -0.39 is 21.7 Å². The third-order valence-corrected chi connectivity index (χ3v) is 7.82. The van der Waals surface area contributed by atoms with Gasteiger partial charge in [0.1, 0.15) is 0 Å². The summed E-state index contributed by atoms with van der Waals surface area (Å²) < 4.78 is 28.6. The number of piperazine rings is 1. The van der Waals surface area contributed by atoms with Crippen molar-refractivity contribution in [2.45, 2.75) is 4.90 Å². The standard InChI is InChI=1S/C26H24Cl2N4O5S/c27-18-7-10-20(22(28)15-18)25(34)21-3-1-2-4-23(21)31-38(36,37)19-8-5-17(6-9-19)26(35)30-16-24(33)32-13-11-29-12-14-32/h1-10,15,29,31H,11-14,16H2,(H,30,35). The van der Waals surface area contributed by atoms with Crippen LogP contribution in [-0.4, -0.2) is 63.6 Å². The zero-order valence-corrected chi connectivity index (χ0v) is 22.4. The maximum Gasteiger partial charge on any atom is 0.261 e. The maximum atomic E-state index is 13.1. The molecule has 1 aliphatic heterocycles. The van der Waals surface area contributed by atoms with Gasteiger partial charge in [0.15, 0.2) is 5.78 Å². The quantitative estimate of drug-likeness (QED) is 0.355. The Morgan fingerprint density at radius 1 is 0.895 bits per heavy atom. The molecule has 0 radical (unpaired) electrons. The van der Waals surface area contributed by atoms with Gasteiger partial charge in [-0.05, 0) is 54.6 Å². The van der Waals surface area contributed by atoms with E-state index in [4.69, 9.17) is 23.2 Å². The molecule has 3 aromatic rings. The molecule has 0 aliphatic carbocycles. The Bertz CT molecular complexity index is 1470. The van der Waals surface area contributed by atoms with Crippen LogP contribution in [0.4, 0.5) is 5.69 Å². The second-order valence-electron chi connectivity index (χ2n) is 8.44. The van der Waals surface area contributed by atoms with Crippen LogP contribution in [0.5, 0.6) is 0 Å². The molecule has 0 aromatic heterocycles. The first kappa shape index (κ1) is 27.6. The molecular weight excluding hydrogens is 551 g/mol. The zero-order chi connectivity index (χ0) is 27.3. The van der Waals surface area contributed by atoms with Crippen molar-refractivity contribution in [3.63, 3.8) is 0 Å². The smallest absolute Gasteiger partial charge is 0.261 e. The van der Waals surface area contributed by atoms with Gasteiger partial charge in [0.25, 0.3) is 15.9 Å². The van der Waals surface area contributed by atoms with Gasteiger partial charge in [0.2, 0.25) is 5.91 Å². The lowest BCUT2D eigenvalue weighted by atomic mass is 10.0. The van der Waals surface area contributed by atoms with Gasteiger partial charge in [-0.2, -0.15) is 0 Å². The monoisotopic (exact) mass is 574 g/mol. The Labute approximate surface area is 230 Å². The highest BCUT2D eigenvalue weighted by Crippen LogP contribution is 2.27. The van der Waals surface area contributed by atoms with Gasteiger partial charge in [-0.25, -0.2) is 8.42 Å². The van der Waals surface area contributed by atoms with Gasteiger partial charge in [-0.1, -0.05) is 35.3 Å². The van der Waals surface area contributed by atoms with Crippen LogP contribution < -0.4 is 15.4 Å². The number of para-hydroxylation sites is 1. The van der Waals surface area contributed by atoms with E-state index >= 15 is 0 Å². The van der Waals surface area contributed by atoms with Gasteiger partial charge >= 0.3 is 0 Å². The van der Waals surface area contributed by atoms with E-state index in [1.54, 1.807) is 17.0 Å². The third-order valence-electron chi connectivity index (χ3n) is 5.89. The minimum atomic E-state index is -4.11. The van der Waals surface area contributed by atoms with Crippen LogP contribution in [0.3, 0.4) is 0 Å². The molecule has 0 unspecified atom stereocenters.